The van der Waals surface area contributed by atoms with Crippen molar-refractivity contribution in [3.63, 3.8) is 0 Å². The van der Waals surface area contributed by atoms with Gasteiger partial charge in [0.15, 0.2) is 0 Å². The van der Waals surface area contributed by atoms with E-state index in [1.165, 1.54) is 12.8 Å². The molecule has 0 aromatic heterocycles. The van der Waals surface area contributed by atoms with E-state index >= 15 is 0 Å². The summed E-state index contributed by atoms with van der Waals surface area (Å²) in [4.78, 5) is 10.9. The van der Waals surface area contributed by atoms with Gasteiger partial charge in [0.25, 0.3) is 0 Å². The molecule has 3 nitrogen and oxygen atoms in total. The smallest absolute Gasteiger partial charge is 0.244 e. The van der Waals surface area contributed by atoms with Crippen LogP contribution in [0.15, 0.2) is 11.6 Å². The fourth-order valence-corrected chi connectivity index (χ4v) is 1.40. The summed E-state index contributed by atoms with van der Waals surface area (Å²) in [6, 6.07) is 0.286. The van der Waals surface area contributed by atoms with Crippen molar-refractivity contribution < 1.29 is 4.79 Å². The molecule has 0 radical (unpaired) electrons. The summed E-state index contributed by atoms with van der Waals surface area (Å²) < 4.78 is 0. The predicted octanol–water partition coefficient (Wildman–Crippen LogP) is 1.98. The number of hydrogen-bond acceptors (Lipinski definition) is 2. The normalized spacial score (nSPS) is 13.9. The van der Waals surface area contributed by atoms with Gasteiger partial charge in [-0.05, 0) is 26.3 Å². The second kappa shape index (κ2) is 8.48. The zero-order valence-corrected chi connectivity index (χ0v) is 10.2. The highest BCUT2D eigenvalue weighted by molar-refractivity contribution is 5.91. The average Bonchev–Trinajstić information content (AvgIpc) is 2.18. The first-order chi connectivity index (χ1) is 7.11. The molecule has 1 atom stereocenters. The summed E-state index contributed by atoms with van der Waals surface area (Å²) in [6.45, 7) is 7.08. The zero-order chi connectivity index (χ0) is 11.7. The highest BCUT2D eigenvalue weighted by Gasteiger charge is 2.05. The van der Waals surface area contributed by atoms with E-state index < -0.39 is 0 Å². The molecule has 1 unspecified atom stereocenters. The minimum Gasteiger partial charge on any atom is -0.366 e. The number of amides is 1. The molecule has 15 heavy (non-hydrogen) atoms. The fourth-order valence-electron chi connectivity index (χ4n) is 1.40. The van der Waals surface area contributed by atoms with Crippen molar-refractivity contribution in [1.29, 1.82) is 0 Å². The Morgan fingerprint density at radius 1 is 1.40 bits per heavy atom. The van der Waals surface area contributed by atoms with Crippen LogP contribution in [0.1, 0.15) is 46.5 Å². The maximum absolute atomic E-state index is 10.9. The molecule has 0 bridgehead atoms. The van der Waals surface area contributed by atoms with Crippen LogP contribution < -0.4 is 11.1 Å². The quantitative estimate of drug-likeness (QED) is 0.477. The molecule has 0 heterocycles. The fraction of sp³-hybridized carbons (Fsp3) is 0.750. The van der Waals surface area contributed by atoms with Crippen molar-refractivity contribution in [2.75, 3.05) is 6.54 Å². The molecule has 0 saturated carbocycles. The lowest BCUT2D eigenvalue weighted by Crippen LogP contribution is -2.29. The van der Waals surface area contributed by atoms with Gasteiger partial charge in [-0.1, -0.05) is 32.8 Å². The summed E-state index contributed by atoms with van der Waals surface area (Å²) >= 11 is 0. The Morgan fingerprint density at radius 3 is 2.53 bits per heavy atom. The second-order valence-corrected chi connectivity index (χ2v) is 3.92. The van der Waals surface area contributed by atoms with Crippen molar-refractivity contribution in [3.05, 3.63) is 11.6 Å². The molecule has 0 aliphatic carbocycles. The van der Waals surface area contributed by atoms with E-state index in [-0.39, 0.29) is 11.9 Å². The molecular formula is C12H24N2O. The Bertz CT molecular complexity index is 212. The maximum atomic E-state index is 10.9. The summed E-state index contributed by atoms with van der Waals surface area (Å²) in [5, 5.41) is 3.42. The van der Waals surface area contributed by atoms with Gasteiger partial charge in [-0.2, -0.15) is 0 Å². The zero-order valence-electron chi connectivity index (χ0n) is 10.2. The second-order valence-electron chi connectivity index (χ2n) is 3.92. The van der Waals surface area contributed by atoms with E-state index in [9.17, 15) is 4.79 Å². The maximum Gasteiger partial charge on any atom is 0.244 e. The van der Waals surface area contributed by atoms with E-state index in [1.807, 2.05) is 6.08 Å². The Hall–Kier alpha value is -0.830. The van der Waals surface area contributed by atoms with Crippen molar-refractivity contribution in [3.8, 4) is 0 Å². The van der Waals surface area contributed by atoms with E-state index in [0.29, 0.717) is 5.57 Å². The Kier molecular flexibility index (Phi) is 8.01. The number of rotatable bonds is 8. The lowest BCUT2D eigenvalue weighted by Gasteiger charge is -2.14. The molecule has 0 saturated heterocycles. The Morgan fingerprint density at radius 2 is 2.07 bits per heavy atom. The van der Waals surface area contributed by atoms with Gasteiger partial charge in [0.1, 0.15) is 0 Å². The van der Waals surface area contributed by atoms with Gasteiger partial charge in [0, 0.05) is 11.6 Å². The minimum absolute atomic E-state index is 0.286. The van der Waals surface area contributed by atoms with Gasteiger partial charge in [-0.15, -0.1) is 0 Å². The van der Waals surface area contributed by atoms with Crippen LogP contribution in [0.25, 0.3) is 0 Å². The van der Waals surface area contributed by atoms with Gasteiger partial charge in [0.2, 0.25) is 5.91 Å². The minimum atomic E-state index is -0.326. The monoisotopic (exact) mass is 212 g/mol. The molecule has 0 aromatic rings. The predicted molar refractivity (Wildman–Crippen MR) is 64.6 cm³/mol. The first-order valence-corrected chi connectivity index (χ1v) is 5.83. The van der Waals surface area contributed by atoms with Gasteiger partial charge in [-0.3, -0.25) is 4.79 Å². The lowest BCUT2D eigenvalue weighted by atomic mass is 10.1. The largest absolute Gasteiger partial charge is 0.366 e. The number of primary amides is 1. The molecule has 3 heteroatoms. The first kappa shape index (κ1) is 14.2. The molecular weight excluding hydrogens is 188 g/mol. The summed E-state index contributed by atoms with van der Waals surface area (Å²) in [6.07, 6.45) is 6.45. The SMILES string of the molecule is CCCCNC(/C=C(\C)C(N)=O)CCC. The summed E-state index contributed by atoms with van der Waals surface area (Å²) in [5.41, 5.74) is 5.85. The molecule has 0 rings (SSSR count). The van der Waals surface area contributed by atoms with Crippen LogP contribution in [-0.4, -0.2) is 18.5 Å². The number of nitrogens with one attached hydrogen (secondary N) is 1. The van der Waals surface area contributed by atoms with Crippen LogP contribution >= 0.6 is 0 Å². The molecule has 0 spiro atoms. The summed E-state index contributed by atoms with van der Waals surface area (Å²) in [5.74, 6) is -0.326. The van der Waals surface area contributed by atoms with Crippen molar-refractivity contribution in [2.24, 2.45) is 5.73 Å². The summed E-state index contributed by atoms with van der Waals surface area (Å²) in [7, 11) is 0. The molecule has 1 amide bonds. The molecule has 0 aliphatic rings. The molecule has 0 aromatic carbocycles. The van der Waals surface area contributed by atoms with Crippen LogP contribution in [-0.2, 0) is 4.79 Å². The molecule has 0 aliphatic heterocycles. The van der Waals surface area contributed by atoms with E-state index in [2.05, 4.69) is 19.2 Å². The number of unbranched alkanes of at least 4 members (excludes halogenated alkanes) is 1. The third-order valence-corrected chi connectivity index (χ3v) is 2.38. The highest BCUT2D eigenvalue weighted by atomic mass is 16.1. The van der Waals surface area contributed by atoms with E-state index in [1.54, 1.807) is 6.92 Å². The molecule has 88 valence electrons. The third-order valence-electron chi connectivity index (χ3n) is 2.38. The van der Waals surface area contributed by atoms with Crippen LogP contribution in [0.4, 0.5) is 0 Å². The van der Waals surface area contributed by atoms with Gasteiger partial charge < -0.3 is 11.1 Å². The van der Waals surface area contributed by atoms with Crippen molar-refractivity contribution in [2.45, 2.75) is 52.5 Å². The topological polar surface area (TPSA) is 55.1 Å². The van der Waals surface area contributed by atoms with Crippen molar-refractivity contribution >= 4 is 5.91 Å². The van der Waals surface area contributed by atoms with E-state index in [0.717, 1.165) is 19.4 Å². The van der Waals surface area contributed by atoms with Gasteiger partial charge in [0.05, 0.1) is 0 Å². The molecule has 3 N–H and O–H groups in total. The Labute approximate surface area is 93.1 Å². The van der Waals surface area contributed by atoms with Gasteiger partial charge in [-0.25, -0.2) is 0 Å². The number of carbonyl (C=O) groups excluding carboxylic acids is 1. The van der Waals surface area contributed by atoms with Crippen LogP contribution in [0.5, 0.6) is 0 Å². The number of carbonyl (C=O) groups is 1. The average molecular weight is 212 g/mol. The standard InChI is InChI=1S/C12H24N2O/c1-4-6-8-14-11(7-5-2)9-10(3)12(13)15/h9,11,14H,4-8H2,1-3H3,(H2,13,15)/b10-9+. The van der Waals surface area contributed by atoms with Crippen LogP contribution in [0, 0.1) is 0 Å². The van der Waals surface area contributed by atoms with E-state index in [4.69, 9.17) is 5.73 Å². The van der Waals surface area contributed by atoms with Crippen LogP contribution in [0.2, 0.25) is 0 Å². The number of hydrogen-bond donors (Lipinski definition) is 2. The number of nitrogens with two attached hydrogens (primary N) is 1. The first-order valence-electron chi connectivity index (χ1n) is 5.83. The third kappa shape index (κ3) is 7.14. The lowest BCUT2D eigenvalue weighted by molar-refractivity contribution is -0.114. The van der Waals surface area contributed by atoms with Crippen molar-refractivity contribution in [1.82, 2.24) is 5.32 Å². The van der Waals surface area contributed by atoms with Gasteiger partial charge >= 0.3 is 0 Å². The highest BCUT2D eigenvalue weighted by Crippen LogP contribution is 2.03. The Balaban J connectivity index is 4.13. The van der Waals surface area contributed by atoms with Crippen LogP contribution in [0.3, 0.4) is 0 Å². The molecule has 0 fully saturated rings.